The van der Waals surface area contributed by atoms with Crippen LogP contribution in [0.5, 0.6) is 0 Å². The van der Waals surface area contributed by atoms with E-state index in [4.69, 9.17) is 5.84 Å². The molecule has 1 heterocycles. The maximum atomic E-state index is 5.47. The lowest BCUT2D eigenvalue weighted by atomic mass is 10.1. The van der Waals surface area contributed by atoms with Crippen molar-refractivity contribution in [2.24, 2.45) is 5.84 Å². The van der Waals surface area contributed by atoms with Crippen LogP contribution in [0.25, 0.3) is 11.4 Å². The monoisotopic (exact) mass is 254 g/mol. The second kappa shape index (κ2) is 4.97. The number of hydrazine groups is 1. The summed E-state index contributed by atoms with van der Waals surface area (Å²) >= 11 is 0. The molecule has 1 aromatic carbocycles. The predicted octanol–water partition coefficient (Wildman–Crippen LogP) is 2.87. The Labute approximate surface area is 113 Å². The van der Waals surface area contributed by atoms with E-state index in [0.717, 1.165) is 29.4 Å². The maximum Gasteiger partial charge on any atom is 0.161 e. The van der Waals surface area contributed by atoms with Gasteiger partial charge in [0.25, 0.3) is 0 Å². The standard InChI is InChI=1S/C15H18N4/c1-2-13-9-14(19-16)18-15(17-13)12-5-3-4-11(8-12)10-6-7-10/h3-5,8-10H,2,6-7,16H2,1H3,(H,17,18,19). The largest absolute Gasteiger partial charge is 0.308 e. The Morgan fingerprint density at radius 1 is 1.26 bits per heavy atom. The Kier molecular flexibility index (Phi) is 3.17. The molecule has 3 N–H and O–H groups in total. The molecule has 0 bridgehead atoms. The number of nitrogen functional groups attached to an aromatic ring is 1. The Morgan fingerprint density at radius 2 is 2.11 bits per heavy atom. The molecule has 98 valence electrons. The van der Waals surface area contributed by atoms with E-state index in [1.165, 1.54) is 18.4 Å². The lowest BCUT2D eigenvalue weighted by Gasteiger charge is -2.08. The molecule has 0 amide bonds. The molecule has 2 aromatic rings. The molecular formula is C15H18N4. The molecule has 0 saturated heterocycles. The van der Waals surface area contributed by atoms with Crippen LogP contribution in [-0.2, 0) is 6.42 Å². The van der Waals surface area contributed by atoms with Gasteiger partial charge in [-0.2, -0.15) is 0 Å². The highest BCUT2D eigenvalue weighted by molar-refractivity contribution is 5.59. The van der Waals surface area contributed by atoms with Gasteiger partial charge in [-0.3, -0.25) is 0 Å². The zero-order chi connectivity index (χ0) is 13.2. The fourth-order valence-electron chi connectivity index (χ4n) is 2.23. The Balaban J connectivity index is 2.02. The molecule has 0 atom stereocenters. The number of nitrogens with one attached hydrogen (secondary N) is 1. The van der Waals surface area contributed by atoms with E-state index in [1.807, 2.05) is 6.07 Å². The molecule has 1 aliphatic carbocycles. The third kappa shape index (κ3) is 2.58. The summed E-state index contributed by atoms with van der Waals surface area (Å²) in [6.45, 7) is 2.08. The van der Waals surface area contributed by atoms with Crippen LogP contribution in [0.1, 0.15) is 36.9 Å². The summed E-state index contributed by atoms with van der Waals surface area (Å²) in [6, 6.07) is 10.4. The van der Waals surface area contributed by atoms with Crippen molar-refractivity contribution in [1.82, 2.24) is 9.97 Å². The summed E-state index contributed by atoms with van der Waals surface area (Å²) < 4.78 is 0. The zero-order valence-corrected chi connectivity index (χ0v) is 11.1. The Hall–Kier alpha value is -1.94. The second-order valence-corrected chi connectivity index (χ2v) is 4.97. The van der Waals surface area contributed by atoms with Gasteiger partial charge in [-0.1, -0.05) is 25.1 Å². The highest BCUT2D eigenvalue weighted by atomic mass is 15.3. The minimum absolute atomic E-state index is 0.665. The van der Waals surface area contributed by atoms with Crippen LogP contribution in [0.3, 0.4) is 0 Å². The van der Waals surface area contributed by atoms with E-state index in [1.54, 1.807) is 0 Å². The molecule has 0 spiro atoms. The molecule has 1 saturated carbocycles. The van der Waals surface area contributed by atoms with Gasteiger partial charge >= 0.3 is 0 Å². The SMILES string of the molecule is CCc1cc(NN)nc(-c2cccc(C3CC3)c2)n1. The maximum absolute atomic E-state index is 5.47. The van der Waals surface area contributed by atoms with Gasteiger partial charge in [0.2, 0.25) is 0 Å². The summed E-state index contributed by atoms with van der Waals surface area (Å²) in [5, 5.41) is 0. The minimum Gasteiger partial charge on any atom is -0.308 e. The number of benzene rings is 1. The van der Waals surface area contributed by atoms with E-state index in [9.17, 15) is 0 Å². The first kappa shape index (κ1) is 12.1. The third-order valence-corrected chi connectivity index (χ3v) is 3.48. The molecule has 19 heavy (non-hydrogen) atoms. The van der Waals surface area contributed by atoms with Crippen molar-refractivity contribution in [3.63, 3.8) is 0 Å². The molecular weight excluding hydrogens is 236 g/mol. The number of anilines is 1. The predicted molar refractivity (Wildman–Crippen MR) is 76.6 cm³/mol. The minimum atomic E-state index is 0.665. The van der Waals surface area contributed by atoms with Gasteiger partial charge in [-0.15, -0.1) is 0 Å². The van der Waals surface area contributed by atoms with E-state index in [2.05, 4.69) is 46.6 Å². The highest BCUT2D eigenvalue weighted by Gasteiger charge is 2.23. The molecule has 0 aliphatic heterocycles. The lowest BCUT2D eigenvalue weighted by molar-refractivity contribution is 1.00. The molecule has 1 aliphatic rings. The normalized spacial score (nSPS) is 14.4. The van der Waals surface area contributed by atoms with Gasteiger partial charge in [0, 0.05) is 17.3 Å². The number of nitrogens with zero attached hydrogens (tertiary/aromatic N) is 2. The van der Waals surface area contributed by atoms with E-state index in [0.29, 0.717) is 5.82 Å². The fraction of sp³-hybridized carbons (Fsp3) is 0.333. The summed E-state index contributed by atoms with van der Waals surface area (Å²) in [4.78, 5) is 9.03. The van der Waals surface area contributed by atoms with Gasteiger partial charge in [0.1, 0.15) is 5.82 Å². The molecule has 3 rings (SSSR count). The second-order valence-electron chi connectivity index (χ2n) is 4.97. The van der Waals surface area contributed by atoms with Gasteiger partial charge in [0.05, 0.1) is 0 Å². The summed E-state index contributed by atoms with van der Waals surface area (Å²) in [7, 11) is 0. The molecule has 4 heteroatoms. The molecule has 0 unspecified atom stereocenters. The van der Waals surface area contributed by atoms with Crippen LogP contribution in [0.2, 0.25) is 0 Å². The first-order valence-corrected chi connectivity index (χ1v) is 6.75. The number of rotatable bonds is 4. The highest BCUT2D eigenvalue weighted by Crippen LogP contribution is 2.40. The van der Waals surface area contributed by atoms with Crippen LogP contribution >= 0.6 is 0 Å². The van der Waals surface area contributed by atoms with E-state index in [-0.39, 0.29) is 0 Å². The van der Waals surface area contributed by atoms with Crippen molar-refractivity contribution in [3.8, 4) is 11.4 Å². The number of hydrogen-bond acceptors (Lipinski definition) is 4. The van der Waals surface area contributed by atoms with Crippen molar-refractivity contribution in [1.29, 1.82) is 0 Å². The topological polar surface area (TPSA) is 63.8 Å². The molecule has 0 radical (unpaired) electrons. The zero-order valence-electron chi connectivity index (χ0n) is 11.1. The Bertz CT molecular complexity index is 568. The summed E-state index contributed by atoms with van der Waals surface area (Å²) in [5.41, 5.74) is 6.07. The first-order valence-electron chi connectivity index (χ1n) is 6.75. The quantitative estimate of drug-likeness (QED) is 0.650. The number of nitrogens with two attached hydrogens (primary N) is 1. The van der Waals surface area contributed by atoms with Crippen molar-refractivity contribution in [3.05, 3.63) is 41.6 Å². The van der Waals surface area contributed by atoms with Crippen LogP contribution in [0.4, 0.5) is 5.82 Å². The Morgan fingerprint density at radius 3 is 2.79 bits per heavy atom. The lowest BCUT2D eigenvalue weighted by Crippen LogP contribution is -2.10. The summed E-state index contributed by atoms with van der Waals surface area (Å²) in [5.74, 6) is 7.62. The number of aromatic nitrogens is 2. The van der Waals surface area contributed by atoms with Crippen molar-refractivity contribution in [2.75, 3.05) is 5.43 Å². The van der Waals surface area contributed by atoms with Crippen LogP contribution in [0, 0.1) is 0 Å². The molecule has 4 nitrogen and oxygen atoms in total. The summed E-state index contributed by atoms with van der Waals surface area (Å²) in [6.07, 6.45) is 3.47. The fourth-order valence-corrected chi connectivity index (χ4v) is 2.23. The van der Waals surface area contributed by atoms with E-state index < -0.39 is 0 Å². The smallest absolute Gasteiger partial charge is 0.161 e. The van der Waals surface area contributed by atoms with Crippen molar-refractivity contribution >= 4 is 5.82 Å². The molecule has 1 fully saturated rings. The van der Waals surface area contributed by atoms with E-state index >= 15 is 0 Å². The van der Waals surface area contributed by atoms with Gasteiger partial charge in [-0.25, -0.2) is 15.8 Å². The van der Waals surface area contributed by atoms with Crippen molar-refractivity contribution < 1.29 is 0 Å². The van der Waals surface area contributed by atoms with Crippen LogP contribution < -0.4 is 11.3 Å². The van der Waals surface area contributed by atoms with Gasteiger partial charge in [0.15, 0.2) is 5.82 Å². The van der Waals surface area contributed by atoms with Crippen molar-refractivity contribution in [2.45, 2.75) is 32.1 Å². The average molecular weight is 254 g/mol. The third-order valence-electron chi connectivity index (χ3n) is 3.48. The average Bonchev–Trinajstić information content (AvgIpc) is 3.31. The number of aryl methyl sites for hydroxylation is 1. The van der Waals surface area contributed by atoms with Gasteiger partial charge in [-0.05, 0) is 36.8 Å². The molecule has 1 aromatic heterocycles. The van der Waals surface area contributed by atoms with Crippen LogP contribution in [-0.4, -0.2) is 9.97 Å². The van der Waals surface area contributed by atoms with Gasteiger partial charge < -0.3 is 5.43 Å². The van der Waals surface area contributed by atoms with Crippen LogP contribution in [0.15, 0.2) is 30.3 Å². The first-order chi connectivity index (χ1) is 9.30. The number of hydrogen-bond donors (Lipinski definition) is 2.